The summed E-state index contributed by atoms with van der Waals surface area (Å²) >= 11 is 0. The Bertz CT molecular complexity index is 619. The Balaban J connectivity index is 1.56. The van der Waals surface area contributed by atoms with Crippen molar-refractivity contribution in [2.45, 2.75) is 12.5 Å². The maximum Gasteiger partial charge on any atom is 0.0722 e. The molecule has 4 heteroatoms. The van der Waals surface area contributed by atoms with Gasteiger partial charge in [0.25, 0.3) is 0 Å². The quantitative estimate of drug-likeness (QED) is 0.844. The molecule has 2 aliphatic rings. The van der Waals surface area contributed by atoms with Crippen LogP contribution in [0.15, 0.2) is 36.5 Å². The lowest BCUT2D eigenvalue weighted by molar-refractivity contribution is 0.0209. The zero-order chi connectivity index (χ0) is 14.1. The molecule has 0 radical (unpaired) electrons. The van der Waals surface area contributed by atoms with Crippen molar-refractivity contribution < 1.29 is 4.74 Å². The van der Waals surface area contributed by atoms with Crippen molar-refractivity contribution >= 4 is 16.6 Å². The molecule has 0 N–H and O–H groups in total. The van der Waals surface area contributed by atoms with E-state index in [-0.39, 0.29) is 0 Å². The fourth-order valence-electron chi connectivity index (χ4n) is 3.56. The van der Waals surface area contributed by atoms with E-state index in [9.17, 15) is 0 Å². The van der Waals surface area contributed by atoms with E-state index < -0.39 is 0 Å². The molecule has 2 saturated heterocycles. The van der Waals surface area contributed by atoms with Gasteiger partial charge in [-0.1, -0.05) is 18.2 Å². The van der Waals surface area contributed by atoms with Crippen molar-refractivity contribution in [1.82, 2.24) is 9.88 Å². The monoisotopic (exact) mass is 283 g/mol. The van der Waals surface area contributed by atoms with Gasteiger partial charge in [-0.2, -0.15) is 0 Å². The standard InChI is InChI=1S/C17H21N3O/c1-2-4-16-15(3-1)17(5-7-18-16)20-8-6-14(13-20)19-9-11-21-12-10-19/h1-5,7,14H,6,8-13H2. The largest absolute Gasteiger partial charge is 0.379 e. The van der Waals surface area contributed by atoms with Gasteiger partial charge in [-0.05, 0) is 18.6 Å². The first-order chi connectivity index (χ1) is 10.4. The van der Waals surface area contributed by atoms with Crippen LogP contribution < -0.4 is 4.90 Å². The minimum absolute atomic E-state index is 0.667. The minimum atomic E-state index is 0.667. The van der Waals surface area contributed by atoms with Gasteiger partial charge in [0.05, 0.1) is 18.7 Å². The summed E-state index contributed by atoms with van der Waals surface area (Å²) in [4.78, 5) is 9.58. The number of benzene rings is 1. The van der Waals surface area contributed by atoms with E-state index in [1.807, 2.05) is 6.20 Å². The molecule has 2 aromatic rings. The topological polar surface area (TPSA) is 28.6 Å². The van der Waals surface area contributed by atoms with Crippen LogP contribution in [0.5, 0.6) is 0 Å². The van der Waals surface area contributed by atoms with Crippen molar-refractivity contribution in [2.24, 2.45) is 0 Å². The Morgan fingerprint density at radius 1 is 1.05 bits per heavy atom. The molecule has 4 nitrogen and oxygen atoms in total. The number of ether oxygens (including phenoxy) is 1. The van der Waals surface area contributed by atoms with Crippen LogP contribution in [0.4, 0.5) is 5.69 Å². The highest BCUT2D eigenvalue weighted by atomic mass is 16.5. The van der Waals surface area contributed by atoms with Gasteiger partial charge < -0.3 is 9.64 Å². The Kier molecular flexibility index (Phi) is 3.49. The molecule has 3 heterocycles. The van der Waals surface area contributed by atoms with E-state index in [1.54, 1.807) is 0 Å². The number of morpholine rings is 1. The second-order valence-electron chi connectivity index (χ2n) is 5.88. The molecule has 0 aliphatic carbocycles. The molecule has 1 aromatic heterocycles. The minimum Gasteiger partial charge on any atom is -0.379 e. The molecule has 4 rings (SSSR count). The van der Waals surface area contributed by atoms with E-state index in [1.165, 1.54) is 17.5 Å². The molecule has 0 amide bonds. The van der Waals surface area contributed by atoms with Crippen LogP contribution >= 0.6 is 0 Å². The van der Waals surface area contributed by atoms with Gasteiger partial charge in [0, 0.05) is 49.5 Å². The predicted molar refractivity (Wildman–Crippen MR) is 84.8 cm³/mol. The zero-order valence-corrected chi connectivity index (χ0v) is 12.2. The molecule has 21 heavy (non-hydrogen) atoms. The SMILES string of the molecule is c1ccc2c(N3CCC(N4CCOCC4)C3)ccnc2c1. The van der Waals surface area contributed by atoms with E-state index in [0.717, 1.165) is 44.9 Å². The number of hydrogen-bond acceptors (Lipinski definition) is 4. The summed E-state index contributed by atoms with van der Waals surface area (Å²) in [5.74, 6) is 0. The predicted octanol–water partition coefficient (Wildman–Crippen LogP) is 2.15. The van der Waals surface area contributed by atoms with Crippen LogP contribution in [0.1, 0.15) is 6.42 Å². The Morgan fingerprint density at radius 3 is 2.81 bits per heavy atom. The molecular weight excluding hydrogens is 262 g/mol. The summed E-state index contributed by atoms with van der Waals surface area (Å²) in [5, 5.41) is 1.27. The molecule has 2 aliphatic heterocycles. The van der Waals surface area contributed by atoms with E-state index in [0.29, 0.717) is 6.04 Å². The molecular formula is C17H21N3O. The summed E-state index contributed by atoms with van der Waals surface area (Å²) in [5.41, 5.74) is 2.42. The first-order valence-corrected chi connectivity index (χ1v) is 7.82. The van der Waals surface area contributed by atoms with Gasteiger partial charge >= 0.3 is 0 Å². The number of anilines is 1. The molecule has 2 fully saturated rings. The molecule has 0 spiro atoms. The third kappa shape index (κ3) is 2.49. The number of pyridine rings is 1. The van der Waals surface area contributed by atoms with Crippen molar-refractivity contribution in [3.8, 4) is 0 Å². The molecule has 1 aromatic carbocycles. The summed E-state index contributed by atoms with van der Waals surface area (Å²) < 4.78 is 5.46. The normalized spacial score (nSPS) is 23.8. The van der Waals surface area contributed by atoms with Gasteiger partial charge in [-0.3, -0.25) is 9.88 Å². The number of hydrogen-bond donors (Lipinski definition) is 0. The number of para-hydroxylation sites is 1. The van der Waals surface area contributed by atoms with Gasteiger partial charge in [0.15, 0.2) is 0 Å². The van der Waals surface area contributed by atoms with Gasteiger partial charge in [-0.25, -0.2) is 0 Å². The second kappa shape index (κ2) is 5.62. The highest BCUT2D eigenvalue weighted by molar-refractivity contribution is 5.91. The Labute approximate surface area is 125 Å². The van der Waals surface area contributed by atoms with Crippen LogP contribution in [0, 0.1) is 0 Å². The van der Waals surface area contributed by atoms with Crippen molar-refractivity contribution in [3.05, 3.63) is 36.5 Å². The zero-order valence-electron chi connectivity index (χ0n) is 12.2. The van der Waals surface area contributed by atoms with Crippen molar-refractivity contribution in [2.75, 3.05) is 44.3 Å². The number of fused-ring (bicyclic) bond motifs is 1. The fourth-order valence-corrected chi connectivity index (χ4v) is 3.56. The lowest BCUT2D eigenvalue weighted by Crippen LogP contribution is -2.44. The van der Waals surface area contributed by atoms with E-state index in [2.05, 4.69) is 45.1 Å². The molecule has 0 bridgehead atoms. The van der Waals surface area contributed by atoms with Crippen LogP contribution in [0.25, 0.3) is 10.9 Å². The Hall–Kier alpha value is -1.65. The molecule has 1 unspecified atom stereocenters. The molecule has 0 saturated carbocycles. The van der Waals surface area contributed by atoms with Crippen molar-refractivity contribution in [3.63, 3.8) is 0 Å². The van der Waals surface area contributed by atoms with Gasteiger partial charge in [0.2, 0.25) is 0 Å². The Morgan fingerprint density at radius 2 is 1.90 bits per heavy atom. The van der Waals surface area contributed by atoms with Crippen molar-refractivity contribution in [1.29, 1.82) is 0 Å². The smallest absolute Gasteiger partial charge is 0.0722 e. The second-order valence-corrected chi connectivity index (χ2v) is 5.88. The third-order valence-corrected chi connectivity index (χ3v) is 4.69. The highest BCUT2D eigenvalue weighted by Gasteiger charge is 2.29. The van der Waals surface area contributed by atoms with Crippen LogP contribution in [0.2, 0.25) is 0 Å². The summed E-state index contributed by atoms with van der Waals surface area (Å²) in [6.07, 6.45) is 3.18. The number of nitrogens with zero attached hydrogens (tertiary/aromatic N) is 3. The van der Waals surface area contributed by atoms with Crippen LogP contribution in [-0.2, 0) is 4.74 Å². The first-order valence-electron chi connectivity index (χ1n) is 7.82. The van der Waals surface area contributed by atoms with Crippen LogP contribution in [0.3, 0.4) is 0 Å². The summed E-state index contributed by atoms with van der Waals surface area (Å²) in [6, 6.07) is 11.3. The third-order valence-electron chi connectivity index (χ3n) is 4.69. The van der Waals surface area contributed by atoms with Crippen LogP contribution in [-0.4, -0.2) is 55.3 Å². The molecule has 110 valence electrons. The summed E-state index contributed by atoms with van der Waals surface area (Å²) in [6.45, 7) is 6.18. The van der Waals surface area contributed by atoms with Gasteiger partial charge in [0.1, 0.15) is 0 Å². The maximum absolute atomic E-state index is 5.46. The average molecular weight is 283 g/mol. The van der Waals surface area contributed by atoms with E-state index in [4.69, 9.17) is 4.74 Å². The highest BCUT2D eigenvalue weighted by Crippen LogP contribution is 2.29. The fraction of sp³-hybridized carbons (Fsp3) is 0.471. The first kappa shape index (κ1) is 13.0. The lowest BCUT2D eigenvalue weighted by Gasteiger charge is -2.32. The number of aromatic nitrogens is 1. The lowest BCUT2D eigenvalue weighted by atomic mass is 10.1. The molecule has 1 atom stereocenters. The number of rotatable bonds is 2. The van der Waals surface area contributed by atoms with Gasteiger partial charge in [-0.15, -0.1) is 0 Å². The average Bonchev–Trinajstić information content (AvgIpc) is 3.05. The van der Waals surface area contributed by atoms with E-state index >= 15 is 0 Å². The maximum atomic E-state index is 5.46. The summed E-state index contributed by atoms with van der Waals surface area (Å²) in [7, 11) is 0.